The standard InChI is InChI=1S/C13H19FN2/c1-15-9-12-8-11(4-5-13(12)14)10-16-6-2-3-7-16/h4-5,8,15H,2-3,6-7,9-10H2,1H3. The molecular formula is C13H19FN2. The van der Waals surface area contributed by atoms with Crippen molar-refractivity contribution in [3.63, 3.8) is 0 Å². The van der Waals surface area contributed by atoms with E-state index in [-0.39, 0.29) is 5.82 Å². The second-order valence-corrected chi connectivity index (χ2v) is 4.44. The van der Waals surface area contributed by atoms with Gasteiger partial charge in [0.25, 0.3) is 0 Å². The van der Waals surface area contributed by atoms with Crippen LogP contribution in [0.5, 0.6) is 0 Å². The molecule has 88 valence electrons. The summed E-state index contributed by atoms with van der Waals surface area (Å²) in [5.41, 5.74) is 1.98. The van der Waals surface area contributed by atoms with Crippen LogP contribution in [0.25, 0.3) is 0 Å². The Bertz CT molecular complexity index is 346. The van der Waals surface area contributed by atoms with Crippen LogP contribution >= 0.6 is 0 Å². The quantitative estimate of drug-likeness (QED) is 0.839. The first kappa shape index (κ1) is 11.6. The fourth-order valence-corrected chi connectivity index (χ4v) is 2.25. The molecule has 1 N–H and O–H groups in total. The first-order valence-corrected chi connectivity index (χ1v) is 5.94. The molecule has 1 aromatic carbocycles. The van der Waals surface area contributed by atoms with E-state index in [0.29, 0.717) is 6.54 Å². The van der Waals surface area contributed by atoms with Gasteiger partial charge in [0.1, 0.15) is 5.82 Å². The first-order chi connectivity index (χ1) is 7.79. The van der Waals surface area contributed by atoms with Crippen LogP contribution in [0.3, 0.4) is 0 Å². The molecule has 1 aliphatic heterocycles. The van der Waals surface area contributed by atoms with Gasteiger partial charge >= 0.3 is 0 Å². The minimum Gasteiger partial charge on any atom is -0.316 e. The van der Waals surface area contributed by atoms with E-state index in [9.17, 15) is 4.39 Å². The average molecular weight is 222 g/mol. The van der Waals surface area contributed by atoms with Crippen molar-refractivity contribution in [1.82, 2.24) is 10.2 Å². The number of hydrogen-bond donors (Lipinski definition) is 1. The third-order valence-corrected chi connectivity index (χ3v) is 3.08. The summed E-state index contributed by atoms with van der Waals surface area (Å²) in [6, 6.07) is 5.45. The minimum atomic E-state index is -0.112. The van der Waals surface area contributed by atoms with Gasteiger partial charge in [0.05, 0.1) is 0 Å². The molecule has 2 nitrogen and oxygen atoms in total. The molecule has 0 spiro atoms. The monoisotopic (exact) mass is 222 g/mol. The van der Waals surface area contributed by atoms with Crippen molar-refractivity contribution in [2.24, 2.45) is 0 Å². The maximum Gasteiger partial charge on any atom is 0.127 e. The number of benzene rings is 1. The zero-order valence-electron chi connectivity index (χ0n) is 9.80. The van der Waals surface area contributed by atoms with Crippen molar-refractivity contribution < 1.29 is 4.39 Å². The number of nitrogens with one attached hydrogen (secondary N) is 1. The van der Waals surface area contributed by atoms with Crippen molar-refractivity contribution in [2.75, 3.05) is 20.1 Å². The molecule has 1 fully saturated rings. The molecule has 1 aliphatic rings. The van der Waals surface area contributed by atoms with Crippen LogP contribution in [-0.4, -0.2) is 25.0 Å². The van der Waals surface area contributed by atoms with Crippen molar-refractivity contribution in [3.8, 4) is 0 Å². The molecule has 16 heavy (non-hydrogen) atoms. The lowest BCUT2D eigenvalue weighted by molar-refractivity contribution is 0.331. The van der Waals surface area contributed by atoms with Crippen LogP contribution < -0.4 is 5.32 Å². The second-order valence-electron chi connectivity index (χ2n) is 4.44. The maximum absolute atomic E-state index is 13.4. The van der Waals surface area contributed by atoms with Gasteiger partial charge < -0.3 is 5.32 Å². The smallest absolute Gasteiger partial charge is 0.127 e. The predicted molar refractivity (Wildman–Crippen MR) is 63.7 cm³/mol. The van der Waals surface area contributed by atoms with Gasteiger partial charge in [0.15, 0.2) is 0 Å². The Morgan fingerprint density at radius 1 is 1.31 bits per heavy atom. The third-order valence-electron chi connectivity index (χ3n) is 3.08. The van der Waals surface area contributed by atoms with E-state index in [0.717, 1.165) is 12.1 Å². The Hall–Kier alpha value is -0.930. The van der Waals surface area contributed by atoms with Gasteiger partial charge in [-0.1, -0.05) is 12.1 Å². The van der Waals surface area contributed by atoms with E-state index in [1.165, 1.54) is 31.5 Å². The summed E-state index contributed by atoms with van der Waals surface area (Å²) < 4.78 is 13.4. The van der Waals surface area contributed by atoms with Crippen LogP contribution in [-0.2, 0) is 13.1 Å². The first-order valence-electron chi connectivity index (χ1n) is 5.94. The van der Waals surface area contributed by atoms with E-state index >= 15 is 0 Å². The van der Waals surface area contributed by atoms with Gasteiger partial charge in [0, 0.05) is 18.7 Å². The van der Waals surface area contributed by atoms with E-state index in [4.69, 9.17) is 0 Å². The lowest BCUT2D eigenvalue weighted by atomic mass is 10.1. The highest BCUT2D eigenvalue weighted by Crippen LogP contribution is 2.15. The normalized spacial score (nSPS) is 16.9. The van der Waals surface area contributed by atoms with Crippen LogP contribution in [0.15, 0.2) is 18.2 Å². The Kier molecular flexibility index (Phi) is 3.91. The Balaban J connectivity index is 2.05. The third kappa shape index (κ3) is 2.80. The molecule has 0 unspecified atom stereocenters. The number of hydrogen-bond acceptors (Lipinski definition) is 2. The Labute approximate surface area is 96.5 Å². The highest BCUT2D eigenvalue weighted by molar-refractivity contribution is 5.25. The summed E-state index contributed by atoms with van der Waals surface area (Å²) in [5, 5.41) is 2.99. The summed E-state index contributed by atoms with van der Waals surface area (Å²) in [5.74, 6) is -0.112. The lowest BCUT2D eigenvalue weighted by Gasteiger charge is -2.15. The van der Waals surface area contributed by atoms with Gasteiger partial charge in [-0.2, -0.15) is 0 Å². The van der Waals surface area contributed by atoms with Crippen LogP contribution in [0, 0.1) is 5.82 Å². The minimum absolute atomic E-state index is 0.112. The van der Waals surface area contributed by atoms with Crippen molar-refractivity contribution in [1.29, 1.82) is 0 Å². The average Bonchev–Trinajstić information content (AvgIpc) is 2.76. The molecule has 0 atom stereocenters. The summed E-state index contributed by atoms with van der Waals surface area (Å²) in [6.07, 6.45) is 2.59. The summed E-state index contributed by atoms with van der Waals surface area (Å²) in [6.45, 7) is 3.91. The highest BCUT2D eigenvalue weighted by atomic mass is 19.1. The van der Waals surface area contributed by atoms with E-state index in [2.05, 4.69) is 10.2 Å². The van der Waals surface area contributed by atoms with Gasteiger partial charge in [-0.15, -0.1) is 0 Å². The number of rotatable bonds is 4. The maximum atomic E-state index is 13.4. The molecule has 1 heterocycles. The van der Waals surface area contributed by atoms with Crippen molar-refractivity contribution in [3.05, 3.63) is 35.1 Å². The number of halogens is 1. The van der Waals surface area contributed by atoms with Gasteiger partial charge in [-0.3, -0.25) is 4.90 Å². The predicted octanol–water partition coefficient (Wildman–Crippen LogP) is 2.14. The summed E-state index contributed by atoms with van der Waals surface area (Å²) >= 11 is 0. The highest BCUT2D eigenvalue weighted by Gasteiger charge is 2.12. The molecule has 0 amide bonds. The molecule has 0 aliphatic carbocycles. The van der Waals surface area contributed by atoms with Gasteiger partial charge in [0.2, 0.25) is 0 Å². The second kappa shape index (κ2) is 5.41. The zero-order valence-corrected chi connectivity index (χ0v) is 9.80. The zero-order chi connectivity index (χ0) is 11.4. The fraction of sp³-hybridized carbons (Fsp3) is 0.538. The molecule has 0 saturated carbocycles. The molecule has 1 saturated heterocycles. The van der Waals surface area contributed by atoms with E-state index < -0.39 is 0 Å². The molecule has 0 aromatic heterocycles. The summed E-state index contributed by atoms with van der Waals surface area (Å²) in [4.78, 5) is 2.43. The van der Waals surface area contributed by atoms with Crippen LogP contribution in [0.2, 0.25) is 0 Å². The van der Waals surface area contributed by atoms with Crippen LogP contribution in [0.1, 0.15) is 24.0 Å². The van der Waals surface area contributed by atoms with Gasteiger partial charge in [-0.05, 0) is 44.6 Å². The van der Waals surface area contributed by atoms with Crippen LogP contribution in [0.4, 0.5) is 4.39 Å². The largest absolute Gasteiger partial charge is 0.316 e. The van der Waals surface area contributed by atoms with Crippen molar-refractivity contribution in [2.45, 2.75) is 25.9 Å². The topological polar surface area (TPSA) is 15.3 Å². The molecule has 1 aromatic rings. The fourth-order valence-electron chi connectivity index (χ4n) is 2.25. The molecule has 2 rings (SSSR count). The number of likely N-dealkylation sites (tertiary alicyclic amines) is 1. The molecule has 3 heteroatoms. The van der Waals surface area contributed by atoms with E-state index in [1.54, 1.807) is 6.07 Å². The van der Waals surface area contributed by atoms with E-state index in [1.807, 2.05) is 19.2 Å². The molecule has 0 bridgehead atoms. The summed E-state index contributed by atoms with van der Waals surface area (Å²) in [7, 11) is 1.84. The lowest BCUT2D eigenvalue weighted by Crippen LogP contribution is -2.18. The van der Waals surface area contributed by atoms with Gasteiger partial charge in [-0.25, -0.2) is 4.39 Å². The number of nitrogens with zero attached hydrogens (tertiary/aromatic N) is 1. The Morgan fingerprint density at radius 2 is 2.06 bits per heavy atom. The van der Waals surface area contributed by atoms with Crippen molar-refractivity contribution >= 4 is 0 Å². The molecular weight excluding hydrogens is 203 g/mol. The molecule has 0 radical (unpaired) electrons. The Morgan fingerprint density at radius 3 is 2.75 bits per heavy atom. The SMILES string of the molecule is CNCc1cc(CN2CCCC2)ccc1F.